The van der Waals surface area contributed by atoms with Crippen LogP contribution in [0.25, 0.3) is 20.8 Å². The Labute approximate surface area is 204 Å². The lowest BCUT2D eigenvalue weighted by atomic mass is 9.76. The van der Waals surface area contributed by atoms with Gasteiger partial charge in [-0.3, -0.25) is 0 Å². The van der Waals surface area contributed by atoms with E-state index in [0.717, 1.165) is 32.9 Å². The van der Waals surface area contributed by atoms with E-state index in [1.165, 1.54) is 32.6 Å². The lowest BCUT2D eigenvalue weighted by Crippen LogP contribution is -2.29. The first-order chi connectivity index (χ1) is 16.1. The maximum Gasteiger partial charge on any atom is 0.231 e. The van der Waals surface area contributed by atoms with Gasteiger partial charge in [-0.05, 0) is 78.4 Å². The topological polar surface area (TPSA) is 43.4 Å². The Morgan fingerprint density at radius 1 is 1.03 bits per heavy atom. The molecular weight excluding hydrogens is 496 g/mol. The van der Waals surface area contributed by atoms with Crippen LogP contribution in [-0.4, -0.2) is 11.8 Å². The van der Waals surface area contributed by atoms with Gasteiger partial charge in [0.25, 0.3) is 0 Å². The van der Waals surface area contributed by atoms with Crippen LogP contribution in [0.4, 0.5) is 5.69 Å². The normalized spacial score (nSPS) is 22.3. The fourth-order valence-electron chi connectivity index (χ4n) is 5.36. The van der Waals surface area contributed by atoms with Crippen LogP contribution in [-0.2, 0) is 0 Å². The molecule has 0 fully saturated rings. The van der Waals surface area contributed by atoms with Crippen molar-refractivity contribution in [2.75, 3.05) is 12.1 Å². The Hall–Kier alpha value is -2.83. The van der Waals surface area contributed by atoms with Crippen LogP contribution < -0.4 is 14.8 Å². The second-order valence-corrected chi connectivity index (χ2v) is 10.9. The Balaban J connectivity index is 1.29. The first-order valence-electron chi connectivity index (χ1n) is 11.2. The van der Waals surface area contributed by atoms with Crippen LogP contribution in [0.1, 0.15) is 35.1 Å². The molecule has 1 aromatic heterocycles. The van der Waals surface area contributed by atoms with Crippen molar-refractivity contribution < 1.29 is 9.47 Å². The summed E-state index contributed by atoms with van der Waals surface area (Å²) in [4.78, 5) is 4.91. The van der Waals surface area contributed by atoms with Crippen molar-refractivity contribution in [1.29, 1.82) is 0 Å². The molecule has 2 aliphatic heterocycles. The molecule has 7 rings (SSSR count). The van der Waals surface area contributed by atoms with Crippen molar-refractivity contribution in [3.05, 3.63) is 81.8 Å². The molecule has 6 heteroatoms. The fourth-order valence-corrected chi connectivity index (χ4v) is 6.99. The van der Waals surface area contributed by atoms with Crippen LogP contribution in [0.15, 0.2) is 65.2 Å². The van der Waals surface area contributed by atoms with Gasteiger partial charge in [-0.25, -0.2) is 4.98 Å². The van der Waals surface area contributed by atoms with Crippen molar-refractivity contribution >= 4 is 43.2 Å². The third-order valence-corrected chi connectivity index (χ3v) is 8.73. The lowest BCUT2D eigenvalue weighted by molar-refractivity contribution is 0.174. The third-order valence-electron chi connectivity index (χ3n) is 6.98. The number of aromatic nitrogens is 1. The van der Waals surface area contributed by atoms with Gasteiger partial charge in [0.1, 0.15) is 5.01 Å². The predicted molar refractivity (Wildman–Crippen MR) is 136 cm³/mol. The average Bonchev–Trinajstić information content (AvgIpc) is 3.56. The molecule has 4 aromatic rings. The van der Waals surface area contributed by atoms with Gasteiger partial charge in [0.15, 0.2) is 11.5 Å². The maximum atomic E-state index is 5.67. The number of aryl methyl sites for hydroxylation is 1. The number of benzene rings is 3. The molecule has 1 N–H and O–H groups in total. The highest BCUT2D eigenvalue weighted by Crippen LogP contribution is 2.53. The van der Waals surface area contributed by atoms with Gasteiger partial charge in [-0.15, -0.1) is 11.3 Å². The quantitative estimate of drug-likeness (QED) is 0.278. The zero-order valence-corrected chi connectivity index (χ0v) is 20.4. The van der Waals surface area contributed by atoms with Crippen LogP contribution in [0, 0.1) is 12.8 Å². The summed E-state index contributed by atoms with van der Waals surface area (Å²) in [5.41, 5.74) is 7.30. The van der Waals surface area contributed by atoms with E-state index in [0.29, 0.717) is 11.8 Å². The van der Waals surface area contributed by atoms with Crippen LogP contribution in [0.3, 0.4) is 0 Å². The van der Waals surface area contributed by atoms with Crippen molar-refractivity contribution in [1.82, 2.24) is 4.98 Å². The number of ether oxygens (including phenoxy) is 2. The van der Waals surface area contributed by atoms with Gasteiger partial charge in [0.05, 0.1) is 16.3 Å². The molecule has 3 heterocycles. The minimum atomic E-state index is 0.192. The van der Waals surface area contributed by atoms with Gasteiger partial charge in [-0.1, -0.05) is 34.1 Å². The smallest absolute Gasteiger partial charge is 0.231 e. The summed E-state index contributed by atoms with van der Waals surface area (Å²) in [5, 5.41) is 4.93. The Morgan fingerprint density at radius 3 is 2.82 bits per heavy atom. The van der Waals surface area contributed by atoms with Crippen LogP contribution >= 0.6 is 27.3 Å². The minimum Gasteiger partial charge on any atom is -0.454 e. The van der Waals surface area contributed by atoms with Crippen LogP contribution in [0.2, 0.25) is 0 Å². The molecule has 0 unspecified atom stereocenters. The van der Waals surface area contributed by atoms with E-state index in [1.54, 1.807) is 11.3 Å². The van der Waals surface area contributed by atoms with Crippen molar-refractivity contribution in [2.24, 2.45) is 5.92 Å². The first-order valence-corrected chi connectivity index (χ1v) is 12.8. The van der Waals surface area contributed by atoms with E-state index < -0.39 is 0 Å². The highest BCUT2D eigenvalue weighted by Gasteiger charge is 2.39. The molecule has 0 spiro atoms. The predicted octanol–water partition coefficient (Wildman–Crippen LogP) is 7.59. The van der Waals surface area contributed by atoms with Crippen LogP contribution in [0.5, 0.6) is 11.5 Å². The molecule has 0 saturated carbocycles. The van der Waals surface area contributed by atoms with E-state index in [9.17, 15) is 0 Å². The SMILES string of the molecule is Cc1ccc2nc(-c3ccc4c(c3)[C@@H]3C=CC[C@@H]3[C@H](c3cc5c(cc3Br)OCO5)N4)sc2c1. The molecule has 0 saturated heterocycles. The van der Waals surface area contributed by atoms with Gasteiger partial charge >= 0.3 is 0 Å². The Bertz CT molecular complexity index is 1460. The Morgan fingerprint density at radius 2 is 1.91 bits per heavy atom. The Kier molecular flexibility index (Phi) is 4.36. The van der Waals surface area contributed by atoms with Gasteiger partial charge < -0.3 is 14.8 Å². The highest BCUT2D eigenvalue weighted by atomic mass is 79.9. The maximum absolute atomic E-state index is 5.67. The second kappa shape index (κ2) is 7.34. The van der Waals surface area contributed by atoms with E-state index in [2.05, 4.69) is 82.8 Å². The molecule has 0 amide bonds. The fraction of sp³-hybridized carbons (Fsp3) is 0.222. The summed E-state index contributed by atoms with van der Waals surface area (Å²) < 4.78 is 13.5. The van der Waals surface area contributed by atoms with Gasteiger partial charge in [0.2, 0.25) is 6.79 Å². The molecule has 4 nitrogen and oxygen atoms in total. The zero-order chi connectivity index (χ0) is 22.1. The molecule has 0 bridgehead atoms. The standard InChI is InChI=1S/C27H21BrN2O2S/c1-14-5-7-22-25(9-14)33-27(30-22)15-6-8-21-18(10-15)16-3-2-4-17(16)26(29-21)19-11-23-24(12-20(19)28)32-13-31-23/h2-3,5-12,16-17,26,29H,4,13H2,1H3/t16-,17+,26-/m1/s1. The summed E-state index contributed by atoms with van der Waals surface area (Å²) in [6, 6.07) is 17.6. The molecular formula is C27H21BrN2O2S. The number of fused-ring (bicyclic) bond motifs is 5. The summed E-state index contributed by atoms with van der Waals surface area (Å²) in [7, 11) is 0. The van der Waals surface area contributed by atoms with Crippen molar-refractivity contribution in [3.63, 3.8) is 0 Å². The largest absolute Gasteiger partial charge is 0.454 e. The zero-order valence-electron chi connectivity index (χ0n) is 18.0. The van der Waals surface area contributed by atoms with E-state index in [4.69, 9.17) is 14.5 Å². The summed E-state index contributed by atoms with van der Waals surface area (Å²) in [6.45, 7) is 2.42. The first kappa shape index (κ1) is 19.6. The molecule has 3 aromatic carbocycles. The third kappa shape index (κ3) is 3.11. The summed E-state index contributed by atoms with van der Waals surface area (Å²) in [6.07, 6.45) is 5.75. The summed E-state index contributed by atoms with van der Waals surface area (Å²) in [5.74, 6) is 2.45. The molecule has 0 radical (unpaired) electrons. The second-order valence-electron chi connectivity index (χ2n) is 8.99. The van der Waals surface area contributed by atoms with E-state index >= 15 is 0 Å². The van der Waals surface area contributed by atoms with E-state index in [-0.39, 0.29) is 12.8 Å². The number of hydrogen-bond acceptors (Lipinski definition) is 5. The number of thiazole rings is 1. The van der Waals surface area contributed by atoms with E-state index in [1.807, 2.05) is 6.07 Å². The van der Waals surface area contributed by atoms with Crippen molar-refractivity contribution in [3.8, 4) is 22.1 Å². The molecule has 1 aliphatic carbocycles. The average molecular weight is 517 g/mol. The number of halogens is 1. The number of anilines is 1. The van der Waals surface area contributed by atoms with Gasteiger partial charge in [0, 0.05) is 21.6 Å². The number of hydrogen-bond donors (Lipinski definition) is 1. The molecule has 3 atom stereocenters. The molecule has 33 heavy (non-hydrogen) atoms. The number of nitrogens with zero attached hydrogens (tertiary/aromatic N) is 1. The summed E-state index contributed by atoms with van der Waals surface area (Å²) >= 11 is 5.55. The number of nitrogens with one attached hydrogen (secondary N) is 1. The minimum absolute atomic E-state index is 0.192. The lowest BCUT2D eigenvalue weighted by Gasteiger charge is -2.38. The molecule has 3 aliphatic rings. The van der Waals surface area contributed by atoms with Gasteiger partial charge in [-0.2, -0.15) is 0 Å². The highest BCUT2D eigenvalue weighted by molar-refractivity contribution is 9.10. The molecule has 164 valence electrons. The van der Waals surface area contributed by atoms with Crippen molar-refractivity contribution in [2.45, 2.75) is 25.3 Å². The monoisotopic (exact) mass is 516 g/mol. The number of allylic oxidation sites excluding steroid dienone is 2. The number of rotatable bonds is 2.